The summed E-state index contributed by atoms with van der Waals surface area (Å²) < 4.78 is 0. The Kier molecular flexibility index (Phi) is 4.01. The van der Waals surface area contributed by atoms with Gasteiger partial charge < -0.3 is 20.4 Å². The number of carbonyl (C=O) groups is 1. The first kappa shape index (κ1) is 13.4. The molecule has 6 heteroatoms. The minimum atomic E-state index is -0.777. The number of hydrogen-bond donors (Lipinski definition) is 4. The lowest BCUT2D eigenvalue weighted by atomic mass is 10.1. The molecule has 0 aliphatic carbocycles. The smallest absolute Gasteiger partial charge is 0.323 e. The van der Waals surface area contributed by atoms with E-state index < -0.39 is 5.97 Å². The maximum absolute atomic E-state index is 11.2. The molecule has 0 aliphatic rings. The number of H-pyrrole nitrogens is 2. The second-order valence-electron chi connectivity index (χ2n) is 4.56. The fraction of sp³-hybridized carbons (Fsp3) is 0.385. The van der Waals surface area contributed by atoms with Gasteiger partial charge >= 0.3 is 11.7 Å². The predicted octanol–water partition coefficient (Wildman–Crippen LogP) is 1.37. The van der Waals surface area contributed by atoms with Crippen molar-refractivity contribution in [3.05, 3.63) is 34.2 Å². The van der Waals surface area contributed by atoms with E-state index in [1.165, 1.54) is 0 Å². The van der Waals surface area contributed by atoms with Gasteiger partial charge in [-0.1, -0.05) is 6.07 Å². The molecule has 1 unspecified atom stereocenters. The minimum Gasteiger partial charge on any atom is -0.481 e. The molecule has 2 rings (SSSR count). The van der Waals surface area contributed by atoms with Gasteiger partial charge in [-0.05, 0) is 37.6 Å². The highest BCUT2D eigenvalue weighted by Crippen LogP contribution is 2.16. The summed E-state index contributed by atoms with van der Waals surface area (Å²) in [5.74, 6) is -0.777. The first-order valence-corrected chi connectivity index (χ1v) is 6.23. The van der Waals surface area contributed by atoms with Crippen molar-refractivity contribution in [2.45, 2.75) is 25.8 Å². The molecule has 0 saturated carbocycles. The van der Waals surface area contributed by atoms with Gasteiger partial charge in [0.2, 0.25) is 0 Å². The van der Waals surface area contributed by atoms with Crippen LogP contribution in [0.25, 0.3) is 11.0 Å². The fourth-order valence-electron chi connectivity index (χ4n) is 2.00. The van der Waals surface area contributed by atoms with E-state index in [1.807, 2.05) is 25.1 Å². The molecule has 1 aromatic carbocycles. The van der Waals surface area contributed by atoms with Gasteiger partial charge in [0.05, 0.1) is 11.0 Å². The summed E-state index contributed by atoms with van der Waals surface area (Å²) in [6, 6.07) is 5.83. The molecule has 4 N–H and O–H groups in total. The molecule has 0 fully saturated rings. The summed E-state index contributed by atoms with van der Waals surface area (Å²) in [6.07, 6.45) is 0.771. The largest absolute Gasteiger partial charge is 0.481 e. The van der Waals surface area contributed by atoms with Crippen LogP contribution in [0.1, 0.15) is 31.4 Å². The van der Waals surface area contributed by atoms with Crippen molar-refractivity contribution >= 4 is 17.0 Å². The Morgan fingerprint density at radius 3 is 2.84 bits per heavy atom. The molecule has 0 spiro atoms. The third-order valence-corrected chi connectivity index (χ3v) is 3.06. The standard InChI is InChI=1S/C13H17N3O3/c1-8(14-6-2-3-12(17)18)9-4-5-10-11(7-9)16-13(19)15-10/h4-5,7-8,14H,2-3,6H2,1H3,(H,17,18)(H2,15,16,19). The van der Waals surface area contributed by atoms with E-state index in [0.29, 0.717) is 13.0 Å². The highest BCUT2D eigenvalue weighted by Gasteiger charge is 2.07. The van der Waals surface area contributed by atoms with E-state index in [9.17, 15) is 9.59 Å². The molecule has 102 valence electrons. The molecule has 0 aliphatic heterocycles. The van der Waals surface area contributed by atoms with Crippen LogP contribution in [0.4, 0.5) is 0 Å². The molecule has 6 nitrogen and oxygen atoms in total. The molecule has 19 heavy (non-hydrogen) atoms. The first-order chi connectivity index (χ1) is 9.06. The van der Waals surface area contributed by atoms with Crippen LogP contribution in [0, 0.1) is 0 Å². The number of aliphatic carboxylic acids is 1. The number of rotatable bonds is 6. The number of fused-ring (bicyclic) bond motifs is 1. The number of aromatic nitrogens is 2. The normalized spacial score (nSPS) is 12.7. The average Bonchev–Trinajstić information content (AvgIpc) is 2.73. The Labute approximate surface area is 109 Å². The van der Waals surface area contributed by atoms with Crippen LogP contribution in [-0.4, -0.2) is 27.6 Å². The number of carboxylic acid groups (broad SMARTS) is 1. The van der Waals surface area contributed by atoms with Crippen molar-refractivity contribution in [3.8, 4) is 0 Å². The van der Waals surface area contributed by atoms with Crippen molar-refractivity contribution in [2.24, 2.45) is 0 Å². The van der Waals surface area contributed by atoms with Crippen molar-refractivity contribution in [1.82, 2.24) is 15.3 Å². The van der Waals surface area contributed by atoms with Crippen LogP contribution in [0.3, 0.4) is 0 Å². The molecular formula is C13H17N3O3. The molecule has 2 aromatic rings. The fourth-order valence-corrected chi connectivity index (χ4v) is 2.00. The number of benzene rings is 1. The SMILES string of the molecule is CC(NCCCC(=O)O)c1ccc2[nH]c(=O)[nH]c2c1. The lowest BCUT2D eigenvalue weighted by Gasteiger charge is -2.13. The Hall–Kier alpha value is -2.08. The number of hydrogen-bond acceptors (Lipinski definition) is 3. The number of imidazole rings is 1. The van der Waals surface area contributed by atoms with Crippen LogP contribution in [-0.2, 0) is 4.79 Å². The summed E-state index contributed by atoms with van der Waals surface area (Å²) in [5.41, 5.74) is 2.40. The lowest BCUT2D eigenvalue weighted by molar-refractivity contribution is -0.137. The Morgan fingerprint density at radius 2 is 2.11 bits per heavy atom. The molecule has 0 saturated heterocycles. The van der Waals surface area contributed by atoms with E-state index in [2.05, 4.69) is 15.3 Å². The zero-order valence-corrected chi connectivity index (χ0v) is 10.7. The topological polar surface area (TPSA) is 98.0 Å². The maximum Gasteiger partial charge on any atom is 0.323 e. The minimum absolute atomic E-state index is 0.108. The third-order valence-electron chi connectivity index (χ3n) is 3.06. The summed E-state index contributed by atoms with van der Waals surface area (Å²) in [7, 11) is 0. The monoisotopic (exact) mass is 263 g/mol. The van der Waals surface area contributed by atoms with Crippen LogP contribution < -0.4 is 11.0 Å². The summed E-state index contributed by atoms with van der Waals surface area (Å²) in [6.45, 7) is 2.65. The summed E-state index contributed by atoms with van der Waals surface area (Å²) in [4.78, 5) is 27.0. The van der Waals surface area contributed by atoms with Crippen molar-refractivity contribution < 1.29 is 9.90 Å². The molecule has 1 heterocycles. The van der Waals surface area contributed by atoms with Gasteiger partial charge in [0.25, 0.3) is 0 Å². The van der Waals surface area contributed by atoms with Crippen LogP contribution >= 0.6 is 0 Å². The van der Waals surface area contributed by atoms with Gasteiger partial charge in [0.1, 0.15) is 0 Å². The van der Waals surface area contributed by atoms with Crippen LogP contribution in [0.5, 0.6) is 0 Å². The number of nitrogens with one attached hydrogen (secondary N) is 3. The Morgan fingerprint density at radius 1 is 1.37 bits per heavy atom. The van der Waals surface area contributed by atoms with Crippen molar-refractivity contribution in [3.63, 3.8) is 0 Å². The average molecular weight is 263 g/mol. The van der Waals surface area contributed by atoms with Crippen LogP contribution in [0.2, 0.25) is 0 Å². The second kappa shape index (κ2) is 5.71. The third kappa shape index (κ3) is 3.45. The van der Waals surface area contributed by atoms with Crippen molar-refractivity contribution in [2.75, 3.05) is 6.54 Å². The molecule has 1 aromatic heterocycles. The predicted molar refractivity (Wildman–Crippen MR) is 72.2 cm³/mol. The van der Waals surface area contributed by atoms with Gasteiger partial charge in [-0.15, -0.1) is 0 Å². The summed E-state index contributed by atoms with van der Waals surface area (Å²) >= 11 is 0. The highest BCUT2D eigenvalue weighted by molar-refractivity contribution is 5.75. The second-order valence-corrected chi connectivity index (χ2v) is 4.56. The quantitative estimate of drug-likeness (QED) is 0.592. The maximum atomic E-state index is 11.2. The first-order valence-electron chi connectivity index (χ1n) is 6.23. The molecule has 0 bridgehead atoms. The number of carboxylic acids is 1. The summed E-state index contributed by atoms with van der Waals surface area (Å²) in [5, 5.41) is 11.8. The Bertz CT molecular complexity index is 629. The zero-order valence-electron chi connectivity index (χ0n) is 10.7. The Balaban J connectivity index is 1.98. The van der Waals surface area contributed by atoms with Gasteiger partial charge in [0.15, 0.2) is 0 Å². The van der Waals surface area contributed by atoms with Gasteiger partial charge in [-0.25, -0.2) is 4.79 Å². The van der Waals surface area contributed by atoms with Gasteiger partial charge in [-0.2, -0.15) is 0 Å². The zero-order chi connectivity index (χ0) is 13.8. The number of aromatic amines is 2. The van der Waals surface area contributed by atoms with Gasteiger partial charge in [-0.3, -0.25) is 4.79 Å². The molecule has 1 atom stereocenters. The molecule has 0 amide bonds. The van der Waals surface area contributed by atoms with Crippen molar-refractivity contribution in [1.29, 1.82) is 0 Å². The van der Waals surface area contributed by atoms with E-state index >= 15 is 0 Å². The van der Waals surface area contributed by atoms with Crippen LogP contribution in [0.15, 0.2) is 23.0 Å². The van der Waals surface area contributed by atoms with E-state index in [4.69, 9.17) is 5.11 Å². The van der Waals surface area contributed by atoms with E-state index in [0.717, 1.165) is 16.6 Å². The molecular weight excluding hydrogens is 246 g/mol. The van der Waals surface area contributed by atoms with Gasteiger partial charge in [0, 0.05) is 12.5 Å². The lowest BCUT2D eigenvalue weighted by Crippen LogP contribution is -2.20. The van der Waals surface area contributed by atoms with E-state index in [-0.39, 0.29) is 18.2 Å². The van der Waals surface area contributed by atoms with E-state index in [1.54, 1.807) is 0 Å². The molecule has 0 radical (unpaired) electrons. The highest BCUT2D eigenvalue weighted by atomic mass is 16.4.